The Balaban J connectivity index is 1.03. The van der Waals surface area contributed by atoms with Crippen LogP contribution in [0.15, 0.2) is 72.8 Å². The van der Waals surface area contributed by atoms with Crippen LogP contribution in [0.1, 0.15) is 198 Å². The molecule has 4 atom stereocenters. The number of ether oxygens (including phenoxy) is 6. The van der Waals surface area contributed by atoms with Crippen LogP contribution in [0.2, 0.25) is 0 Å². The fourth-order valence-electron chi connectivity index (χ4n) is 13.4. The topological polar surface area (TPSA) is 298 Å². The van der Waals surface area contributed by atoms with Crippen molar-refractivity contribution in [1.29, 1.82) is 0 Å². The molecular weight excluding hydrogens is 1290 g/mol. The number of methoxy groups -OCH3 is 2. The number of nitrogens with one attached hydrogen (secondary N) is 6. The van der Waals surface area contributed by atoms with Crippen LogP contribution in [0.25, 0.3) is 11.1 Å². The minimum Gasteiger partial charge on any atom is -0.382 e. The number of hydrogen-bond donors (Lipinski definition) is 6. The molecule has 4 unspecified atom stereocenters. The van der Waals surface area contributed by atoms with Crippen LogP contribution >= 0.6 is 0 Å². The summed E-state index contributed by atoms with van der Waals surface area (Å²) in [6.07, 6.45) is 3.55. The van der Waals surface area contributed by atoms with Crippen molar-refractivity contribution in [3.63, 3.8) is 0 Å². The van der Waals surface area contributed by atoms with E-state index in [-0.39, 0.29) is 159 Å². The predicted molar refractivity (Wildman–Crippen MR) is 384 cm³/mol. The Bertz CT molecular complexity index is 3650. The highest BCUT2D eigenvalue weighted by Gasteiger charge is 2.40. The van der Waals surface area contributed by atoms with Crippen molar-refractivity contribution in [3.8, 4) is 11.1 Å². The Morgan fingerprint density at radius 1 is 0.418 bits per heavy atom. The monoisotopic (exact) mass is 1400 g/mol. The Morgan fingerprint density at radius 2 is 0.796 bits per heavy atom. The van der Waals surface area contributed by atoms with Gasteiger partial charge in [-0.15, -0.1) is 0 Å². The molecule has 24 heteroatoms. The van der Waals surface area contributed by atoms with Gasteiger partial charge in [-0.25, -0.2) is 16.8 Å². The van der Waals surface area contributed by atoms with Gasteiger partial charge in [-0.1, -0.05) is 60.7 Å². The molecule has 6 rings (SSSR count). The number of ketones is 4. The third kappa shape index (κ3) is 24.7. The Labute approximate surface area is 581 Å². The molecule has 4 aromatic rings. The highest BCUT2D eigenvalue weighted by molar-refractivity contribution is 7.91. The summed E-state index contributed by atoms with van der Waals surface area (Å²) in [5, 5.41) is 18.5. The SMILES string of the molecule is COCCOC(C)(C)CC(C)OC(C)(C)CC(C)NCCCS(=O)(=O)CCCNCCC(=O)Nc1ccc(-c2ccc(NC(=O)CNCCCS(=O)(=O)CCNC(C)CC(C)(C)OC(C)CC(C)(C)OCCOC)c3c2C(=O)c2ccccc2C3=O)c2c1C(=O)c1ccccc1C2=O. The molecule has 0 heterocycles. The van der Waals surface area contributed by atoms with Gasteiger partial charge in [0.1, 0.15) is 9.84 Å². The number of hydrogen-bond acceptors (Lipinski definition) is 20. The van der Waals surface area contributed by atoms with Crippen LogP contribution in [0.3, 0.4) is 0 Å². The van der Waals surface area contributed by atoms with Crippen LogP contribution in [0.4, 0.5) is 11.4 Å². The van der Waals surface area contributed by atoms with Gasteiger partial charge in [0.05, 0.1) is 113 Å². The van der Waals surface area contributed by atoms with Gasteiger partial charge < -0.3 is 60.3 Å². The maximum absolute atomic E-state index is 14.8. The van der Waals surface area contributed by atoms with E-state index in [9.17, 15) is 45.6 Å². The molecule has 0 fully saturated rings. The number of carbonyl (C=O) groups excluding carboxylic acids is 6. The molecule has 0 bridgehead atoms. The van der Waals surface area contributed by atoms with Crippen molar-refractivity contribution in [2.75, 3.05) is 114 Å². The lowest BCUT2D eigenvalue weighted by Crippen LogP contribution is -2.41. The quantitative estimate of drug-likeness (QED) is 0.0194. The summed E-state index contributed by atoms with van der Waals surface area (Å²) in [5.41, 5.74) is -1.35. The first-order chi connectivity index (χ1) is 46.1. The first kappa shape index (κ1) is 81.0. The van der Waals surface area contributed by atoms with E-state index < -0.39 is 71.4 Å². The van der Waals surface area contributed by atoms with Gasteiger partial charge in [-0.2, -0.15) is 0 Å². The summed E-state index contributed by atoms with van der Waals surface area (Å²) < 4.78 is 87.2. The van der Waals surface area contributed by atoms with Gasteiger partial charge in [-0.3, -0.25) is 28.8 Å². The van der Waals surface area contributed by atoms with E-state index in [4.69, 9.17) is 28.4 Å². The van der Waals surface area contributed by atoms with Crippen molar-refractivity contribution in [1.82, 2.24) is 21.3 Å². The molecule has 0 spiro atoms. The summed E-state index contributed by atoms with van der Waals surface area (Å²) in [5.74, 6) is -3.51. The molecule has 0 radical (unpaired) electrons. The largest absolute Gasteiger partial charge is 0.382 e. The average molecular weight is 1400 g/mol. The zero-order valence-corrected chi connectivity index (χ0v) is 61.8. The van der Waals surface area contributed by atoms with Crippen molar-refractivity contribution < 1.29 is 74.0 Å². The van der Waals surface area contributed by atoms with Gasteiger partial charge in [0, 0.05) is 92.0 Å². The highest BCUT2D eigenvalue weighted by Crippen LogP contribution is 2.44. The first-order valence-corrected chi connectivity index (χ1v) is 37.9. The van der Waals surface area contributed by atoms with Gasteiger partial charge >= 0.3 is 0 Å². The number of sulfone groups is 2. The summed E-state index contributed by atoms with van der Waals surface area (Å²) >= 11 is 0. The van der Waals surface area contributed by atoms with Crippen LogP contribution in [0.5, 0.6) is 0 Å². The van der Waals surface area contributed by atoms with Crippen molar-refractivity contribution in [2.24, 2.45) is 0 Å². The van der Waals surface area contributed by atoms with Crippen LogP contribution in [0, 0.1) is 0 Å². The predicted octanol–water partition coefficient (Wildman–Crippen LogP) is 9.12. The zero-order valence-electron chi connectivity index (χ0n) is 60.1. The molecule has 2 aliphatic rings. The Morgan fingerprint density at radius 3 is 1.22 bits per heavy atom. The van der Waals surface area contributed by atoms with Gasteiger partial charge in [-0.05, 0) is 158 Å². The molecule has 542 valence electrons. The Hall–Kier alpha value is -6.00. The third-order valence-electron chi connectivity index (χ3n) is 17.2. The minimum atomic E-state index is -3.46. The van der Waals surface area contributed by atoms with Crippen molar-refractivity contribution in [3.05, 3.63) is 117 Å². The second-order valence-electron chi connectivity index (χ2n) is 28.5. The van der Waals surface area contributed by atoms with Crippen molar-refractivity contribution >= 4 is 66.0 Å². The maximum Gasteiger partial charge on any atom is 0.238 e. The Kier molecular flexibility index (Phi) is 30.2. The standard InChI is InChI=1S/C74H108N6O16S2/c1-49(44-73(9,10)95-51(3)46-71(5,6)93-38-36-91-13)77-33-21-42-97(87,88)40-19-31-75-34-30-61(81)79-59-28-26-53(63-65(59)69(85)57-24-17-15-22-55(57)67(63)83)54-27-29-60(66-64(54)68(84)56-23-16-18-25-58(56)70(66)86)80-62(82)48-76-32-20-41-98(89,90)43-35-78-50(2)45-74(11,12)96-52(4)47-72(7,8)94-39-37-92-14/h15-18,22-29,49-52,75-78H,19-21,30-48H2,1-14H3,(H,79,81)(H,80,82). The zero-order chi connectivity index (χ0) is 72.2. The normalized spacial score (nSPS) is 14.9. The fourth-order valence-corrected chi connectivity index (χ4v) is 16.0. The van der Waals surface area contributed by atoms with E-state index in [2.05, 4.69) is 52.7 Å². The van der Waals surface area contributed by atoms with E-state index >= 15 is 0 Å². The molecular formula is C74H108N6O16S2. The van der Waals surface area contributed by atoms with Crippen LogP contribution in [-0.2, 0) is 57.7 Å². The third-order valence-corrected chi connectivity index (χ3v) is 20.8. The molecule has 0 saturated carbocycles. The smallest absolute Gasteiger partial charge is 0.238 e. The number of fused-ring (bicyclic) bond motifs is 4. The summed E-state index contributed by atoms with van der Waals surface area (Å²) in [6.45, 7) is 27.6. The number of anilines is 2. The molecule has 22 nitrogen and oxygen atoms in total. The molecule has 0 aliphatic heterocycles. The minimum absolute atomic E-state index is 0.0214. The lowest BCUT2D eigenvalue weighted by atomic mass is 9.75. The molecule has 98 heavy (non-hydrogen) atoms. The van der Waals surface area contributed by atoms with Crippen molar-refractivity contribution in [2.45, 2.75) is 181 Å². The van der Waals surface area contributed by atoms with E-state index in [0.717, 1.165) is 6.42 Å². The first-order valence-electron chi connectivity index (χ1n) is 34.3. The second-order valence-corrected chi connectivity index (χ2v) is 33.1. The lowest BCUT2D eigenvalue weighted by Gasteiger charge is -2.35. The van der Waals surface area contributed by atoms with Gasteiger partial charge in [0.2, 0.25) is 11.8 Å². The molecule has 2 aliphatic carbocycles. The highest BCUT2D eigenvalue weighted by atomic mass is 32.2. The van der Waals surface area contributed by atoms with Crippen LogP contribution in [-0.4, -0.2) is 201 Å². The number of carbonyl (C=O) groups is 6. The van der Waals surface area contributed by atoms with E-state index in [1.807, 2.05) is 62.3 Å². The fraction of sp³-hybridized carbons (Fsp3) is 0.595. The van der Waals surface area contributed by atoms with E-state index in [1.54, 1.807) is 38.5 Å². The lowest BCUT2D eigenvalue weighted by molar-refractivity contribution is -0.117. The molecule has 0 aromatic heterocycles. The number of amides is 2. The van der Waals surface area contributed by atoms with Gasteiger partial charge in [0.15, 0.2) is 33.0 Å². The maximum atomic E-state index is 14.8. The number of benzene rings is 4. The molecule has 4 aromatic carbocycles. The summed E-state index contributed by atoms with van der Waals surface area (Å²) in [4.78, 5) is 86.1. The van der Waals surface area contributed by atoms with E-state index in [0.29, 0.717) is 71.6 Å². The summed E-state index contributed by atoms with van der Waals surface area (Å²) in [7, 11) is -3.54. The van der Waals surface area contributed by atoms with E-state index in [1.165, 1.54) is 48.5 Å². The van der Waals surface area contributed by atoms with Crippen LogP contribution < -0.4 is 31.9 Å². The molecule has 0 saturated heterocycles. The molecule has 2 amide bonds. The number of rotatable bonds is 45. The second kappa shape index (κ2) is 36.6. The summed E-state index contributed by atoms with van der Waals surface area (Å²) in [6, 6.07) is 18.6. The average Bonchev–Trinajstić information content (AvgIpc) is 0.722. The van der Waals surface area contributed by atoms with Gasteiger partial charge in [0.25, 0.3) is 0 Å². The molecule has 6 N–H and O–H groups in total.